The zero-order valence-corrected chi connectivity index (χ0v) is 21.9. The number of anilines is 1. The summed E-state index contributed by atoms with van der Waals surface area (Å²) in [6, 6.07) is 21.8. The average Bonchev–Trinajstić information content (AvgIpc) is 3.60. The molecule has 40 heavy (non-hydrogen) atoms. The molecule has 2 aromatic heterocycles. The summed E-state index contributed by atoms with van der Waals surface area (Å²) in [6.45, 7) is 2.58. The zero-order chi connectivity index (χ0) is 27.9. The molecule has 13 heteroatoms. The van der Waals surface area contributed by atoms with Crippen molar-refractivity contribution in [2.45, 2.75) is 13.5 Å². The Morgan fingerprint density at radius 2 is 1.90 bits per heavy atom. The molecule has 12 nitrogen and oxygen atoms in total. The Balaban J connectivity index is 1.36. The smallest absolute Gasteiger partial charge is 0.292 e. The van der Waals surface area contributed by atoms with Crippen LogP contribution in [-0.2, 0) is 6.61 Å². The second kappa shape index (κ2) is 12.1. The number of nitrogens with two attached hydrogens (primary N) is 1. The van der Waals surface area contributed by atoms with Crippen molar-refractivity contribution in [3.63, 3.8) is 0 Å². The first kappa shape index (κ1) is 26.4. The number of nitrogens with one attached hydrogen (secondary N) is 1. The lowest BCUT2D eigenvalue weighted by Gasteiger charge is -2.12. The van der Waals surface area contributed by atoms with Gasteiger partial charge in [0.05, 0.1) is 12.8 Å². The molecule has 3 N–H and O–H groups in total. The Morgan fingerprint density at radius 3 is 2.65 bits per heavy atom. The third kappa shape index (κ3) is 5.76. The van der Waals surface area contributed by atoms with Crippen LogP contribution in [-0.4, -0.2) is 44.0 Å². The molecule has 0 fully saturated rings. The van der Waals surface area contributed by atoms with E-state index in [-0.39, 0.29) is 17.3 Å². The minimum atomic E-state index is -0.611. The van der Waals surface area contributed by atoms with E-state index in [0.29, 0.717) is 46.6 Å². The minimum Gasteiger partial charge on any atom is -0.493 e. The van der Waals surface area contributed by atoms with E-state index < -0.39 is 5.91 Å². The highest BCUT2D eigenvalue weighted by molar-refractivity contribution is 6.31. The molecular formula is C27H23ClN8O4. The second-order valence-corrected chi connectivity index (χ2v) is 8.66. The van der Waals surface area contributed by atoms with Gasteiger partial charge in [0, 0.05) is 27.8 Å². The first-order valence-corrected chi connectivity index (χ1v) is 12.5. The van der Waals surface area contributed by atoms with Crippen LogP contribution in [0.1, 0.15) is 28.5 Å². The van der Waals surface area contributed by atoms with Crippen LogP contribution in [0, 0.1) is 0 Å². The highest BCUT2D eigenvalue weighted by Crippen LogP contribution is 2.27. The van der Waals surface area contributed by atoms with Gasteiger partial charge in [0.2, 0.25) is 11.6 Å². The van der Waals surface area contributed by atoms with E-state index in [4.69, 9.17) is 26.8 Å². The number of hydrazone groups is 1. The summed E-state index contributed by atoms with van der Waals surface area (Å²) in [5.41, 5.74) is 10.8. The van der Waals surface area contributed by atoms with Crippen LogP contribution >= 0.6 is 11.6 Å². The maximum atomic E-state index is 13.3. The first-order valence-electron chi connectivity index (χ1n) is 12.1. The van der Waals surface area contributed by atoms with Crippen molar-refractivity contribution < 1.29 is 18.9 Å². The van der Waals surface area contributed by atoms with E-state index in [2.05, 4.69) is 35.8 Å². The van der Waals surface area contributed by atoms with E-state index in [1.54, 1.807) is 30.3 Å². The van der Waals surface area contributed by atoms with Crippen molar-refractivity contribution in [3.8, 4) is 28.6 Å². The van der Waals surface area contributed by atoms with Crippen molar-refractivity contribution in [2.24, 2.45) is 5.10 Å². The van der Waals surface area contributed by atoms with Gasteiger partial charge in [0.25, 0.3) is 5.91 Å². The summed E-state index contributed by atoms with van der Waals surface area (Å²) >= 11 is 6.22. The minimum absolute atomic E-state index is 0.0230. The summed E-state index contributed by atoms with van der Waals surface area (Å²) in [4.78, 5) is 13.3. The topological polar surface area (TPSA) is 156 Å². The number of halogens is 1. The molecule has 0 aliphatic heterocycles. The third-order valence-corrected chi connectivity index (χ3v) is 6.00. The quantitative estimate of drug-likeness (QED) is 0.188. The van der Waals surface area contributed by atoms with Crippen LogP contribution in [0.25, 0.3) is 17.1 Å². The lowest BCUT2D eigenvalue weighted by molar-refractivity contribution is 0.0947. The SMILES string of the molecule is CCOc1cc(OCc2ccccc2Cl)ccc1/C=N\NC(=O)c1c(-c2ccccc2)nnn1-c1nonc1N. The Kier molecular flexibility index (Phi) is 7.97. The number of amides is 1. The Hall–Kier alpha value is -5.23. The van der Waals surface area contributed by atoms with Gasteiger partial charge in [-0.3, -0.25) is 4.79 Å². The normalized spacial score (nSPS) is 11.1. The standard InChI is InChI=1S/C27H23ClN8O4/c1-2-38-22-14-20(39-16-19-10-6-7-11-21(19)28)13-12-18(22)15-30-32-27(37)24-23(17-8-4-3-5-9-17)31-35-36(24)26-25(29)33-40-34-26/h3-15H,2,16H2,1H3,(H2,29,33)(H,32,37)/b30-15-. The van der Waals surface area contributed by atoms with Crippen LogP contribution in [0.2, 0.25) is 5.02 Å². The number of carbonyl (C=O) groups is 1. The average molecular weight is 559 g/mol. The van der Waals surface area contributed by atoms with Gasteiger partial charge in [-0.15, -0.1) is 5.10 Å². The summed E-state index contributed by atoms with van der Waals surface area (Å²) in [5.74, 6) is 0.469. The predicted molar refractivity (Wildman–Crippen MR) is 148 cm³/mol. The van der Waals surface area contributed by atoms with Gasteiger partial charge in [-0.05, 0) is 35.4 Å². The van der Waals surface area contributed by atoms with Gasteiger partial charge in [0.15, 0.2) is 5.69 Å². The van der Waals surface area contributed by atoms with Gasteiger partial charge in [-0.2, -0.15) is 9.78 Å². The van der Waals surface area contributed by atoms with E-state index in [1.807, 2.05) is 49.4 Å². The molecule has 5 rings (SSSR count). The molecule has 0 spiro atoms. The maximum Gasteiger partial charge on any atom is 0.292 e. The fourth-order valence-electron chi connectivity index (χ4n) is 3.74. The molecule has 0 aliphatic rings. The Morgan fingerprint density at radius 1 is 1.10 bits per heavy atom. The number of aromatic nitrogens is 5. The van der Waals surface area contributed by atoms with E-state index >= 15 is 0 Å². The zero-order valence-electron chi connectivity index (χ0n) is 21.2. The molecular weight excluding hydrogens is 536 g/mol. The predicted octanol–water partition coefficient (Wildman–Crippen LogP) is 4.29. The number of nitrogen functional groups attached to an aromatic ring is 1. The summed E-state index contributed by atoms with van der Waals surface area (Å²) in [5, 5.41) is 20.3. The van der Waals surface area contributed by atoms with Crippen LogP contribution in [0.5, 0.6) is 11.5 Å². The second-order valence-electron chi connectivity index (χ2n) is 8.25. The number of nitrogens with zero attached hydrogens (tertiary/aromatic N) is 6. The molecule has 2 heterocycles. The van der Waals surface area contributed by atoms with Gasteiger partial charge >= 0.3 is 0 Å². The van der Waals surface area contributed by atoms with Gasteiger partial charge in [0.1, 0.15) is 23.8 Å². The fraction of sp³-hybridized carbons (Fsp3) is 0.111. The number of hydrogen-bond acceptors (Lipinski definition) is 10. The van der Waals surface area contributed by atoms with E-state index in [0.717, 1.165) is 10.2 Å². The molecule has 0 unspecified atom stereocenters. The molecule has 1 amide bonds. The molecule has 0 saturated carbocycles. The molecule has 3 aromatic carbocycles. The highest BCUT2D eigenvalue weighted by atomic mass is 35.5. The molecule has 0 atom stereocenters. The summed E-state index contributed by atoms with van der Waals surface area (Å²) < 4.78 is 17.5. The van der Waals surface area contributed by atoms with Crippen LogP contribution < -0.4 is 20.6 Å². The molecule has 5 aromatic rings. The van der Waals surface area contributed by atoms with Gasteiger partial charge in [-0.25, -0.2) is 10.1 Å². The summed E-state index contributed by atoms with van der Waals surface area (Å²) in [6.07, 6.45) is 1.46. The van der Waals surface area contributed by atoms with E-state index in [1.165, 1.54) is 6.21 Å². The number of hydrogen-bond donors (Lipinski definition) is 2. The van der Waals surface area contributed by atoms with Crippen molar-refractivity contribution in [2.75, 3.05) is 12.3 Å². The largest absolute Gasteiger partial charge is 0.493 e. The molecule has 0 radical (unpaired) electrons. The van der Waals surface area contributed by atoms with Crippen LogP contribution in [0.15, 0.2) is 82.5 Å². The number of ether oxygens (including phenoxy) is 2. The molecule has 0 aliphatic carbocycles. The third-order valence-electron chi connectivity index (χ3n) is 5.64. The first-order chi connectivity index (χ1) is 19.5. The molecule has 0 bridgehead atoms. The van der Waals surface area contributed by atoms with Gasteiger partial charge in [-0.1, -0.05) is 65.3 Å². The monoisotopic (exact) mass is 558 g/mol. The van der Waals surface area contributed by atoms with Crippen LogP contribution in [0.4, 0.5) is 5.82 Å². The Bertz CT molecular complexity index is 1650. The Labute approximate surface area is 233 Å². The van der Waals surface area contributed by atoms with Crippen molar-refractivity contribution >= 4 is 29.5 Å². The van der Waals surface area contributed by atoms with E-state index in [9.17, 15) is 4.79 Å². The maximum absolute atomic E-state index is 13.3. The lowest BCUT2D eigenvalue weighted by Crippen LogP contribution is -2.22. The fourth-order valence-corrected chi connectivity index (χ4v) is 3.93. The van der Waals surface area contributed by atoms with Crippen molar-refractivity contribution in [1.29, 1.82) is 0 Å². The summed E-state index contributed by atoms with van der Waals surface area (Å²) in [7, 11) is 0. The lowest BCUT2D eigenvalue weighted by atomic mass is 10.1. The number of benzene rings is 3. The number of carbonyl (C=O) groups excluding carboxylic acids is 1. The van der Waals surface area contributed by atoms with Crippen molar-refractivity contribution in [3.05, 3.63) is 94.6 Å². The van der Waals surface area contributed by atoms with Crippen LogP contribution in [0.3, 0.4) is 0 Å². The molecule has 0 saturated heterocycles. The highest BCUT2D eigenvalue weighted by Gasteiger charge is 2.25. The van der Waals surface area contributed by atoms with Crippen molar-refractivity contribution in [1.82, 2.24) is 30.7 Å². The number of rotatable bonds is 10. The van der Waals surface area contributed by atoms with Gasteiger partial charge < -0.3 is 15.2 Å². The molecule has 202 valence electrons.